The van der Waals surface area contributed by atoms with E-state index in [-0.39, 0.29) is 22.0 Å². The number of phenols is 1. The Labute approximate surface area is 191 Å². The van der Waals surface area contributed by atoms with Gasteiger partial charge in [-0.25, -0.2) is 0 Å². The van der Waals surface area contributed by atoms with Crippen molar-refractivity contribution in [2.24, 2.45) is 0 Å². The van der Waals surface area contributed by atoms with Gasteiger partial charge in [-0.2, -0.15) is 8.42 Å². The molecular formula is C22H16Br2O5S. The molecule has 2 N–H and O–H groups in total. The second-order valence-corrected chi connectivity index (χ2v) is 9.55. The van der Waals surface area contributed by atoms with Crippen molar-refractivity contribution >= 4 is 53.3 Å². The fourth-order valence-corrected chi connectivity index (χ4v) is 4.72. The highest BCUT2D eigenvalue weighted by Crippen LogP contribution is 2.39. The number of carbonyl (C=O) groups excluding carboxylic acids is 1. The topological polar surface area (TPSA) is 91.7 Å². The van der Waals surface area contributed by atoms with Gasteiger partial charge in [-0.05, 0) is 90.9 Å². The molecule has 2 aromatic carbocycles. The first-order valence-corrected chi connectivity index (χ1v) is 11.7. The fourth-order valence-electron chi connectivity index (χ4n) is 3.14. The maximum absolute atomic E-state index is 12.1. The summed E-state index contributed by atoms with van der Waals surface area (Å²) < 4.78 is 34.6. The summed E-state index contributed by atoms with van der Waals surface area (Å²) >= 11 is 6.57. The smallest absolute Gasteiger partial charge is 0.295 e. The molecule has 0 atom stereocenters. The van der Waals surface area contributed by atoms with Gasteiger partial charge in [0.15, 0.2) is 5.78 Å². The van der Waals surface area contributed by atoms with Crippen LogP contribution in [0.5, 0.6) is 5.75 Å². The van der Waals surface area contributed by atoms with Crippen molar-refractivity contribution in [3.05, 3.63) is 98.5 Å². The number of phenolic OH excluding ortho intramolecular Hbond substituents is 1. The molecular weight excluding hydrogens is 536 g/mol. The monoisotopic (exact) mass is 550 g/mol. The predicted octanol–water partition coefficient (Wildman–Crippen LogP) is 5.35. The summed E-state index contributed by atoms with van der Waals surface area (Å²) in [7, 11) is -4.52. The maximum Gasteiger partial charge on any atom is 0.295 e. The van der Waals surface area contributed by atoms with E-state index in [1.54, 1.807) is 42.5 Å². The minimum absolute atomic E-state index is 0.0529. The molecule has 1 aliphatic rings. The van der Waals surface area contributed by atoms with Crippen LogP contribution in [0.1, 0.15) is 16.7 Å². The summed E-state index contributed by atoms with van der Waals surface area (Å²) in [5.41, 5.74) is 2.44. The van der Waals surface area contributed by atoms with Crippen LogP contribution in [0, 0.1) is 0 Å². The second kappa shape index (κ2) is 8.85. The second-order valence-electron chi connectivity index (χ2n) is 6.45. The number of benzene rings is 2. The first kappa shape index (κ1) is 22.4. The Kier molecular flexibility index (Phi) is 6.62. The molecule has 0 bridgehead atoms. The van der Waals surface area contributed by atoms with Crippen molar-refractivity contribution in [3.63, 3.8) is 0 Å². The van der Waals surface area contributed by atoms with Crippen LogP contribution >= 0.6 is 31.9 Å². The summed E-state index contributed by atoms with van der Waals surface area (Å²) in [6.45, 7) is 3.70. The van der Waals surface area contributed by atoms with Crippen molar-refractivity contribution in [2.75, 3.05) is 0 Å². The normalized spacial score (nSPS) is 15.7. The molecule has 0 saturated carbocycles. The molecule has 5 nitrogen and oxygen atoms in total. The highest BCUT2D eigenvalue weighted by Gasteiger charge is 2.23. The van der Waals surface area contributed by atoms with Crippen LogP contribution in [0.15, 0.2) is 86.7 Å². The predicted molar refractivity (Wildman–Crippen MR) is 123 cm³/mol. The van der Waals surface area contributed by atoms with Crippen LogP contribution in [-0.4, -0.2) is 23.9 Å². The van der Waals surface area contributed by atoms with E-state index in [9.17, 15) is 22.9 Å². The van der Waals surface area contributed by atoms with E-state index in [0.29, 0.717) is 37.6 Å². The van der Waals surface area contributed by atoms with Gasteiger partial charge >= 0.3 is 0 Å². The summed E-state index contributed by atoms with van der Waals surface area (Å²) in [5.74, 6) is -0.169. The first-order valence-electron chi connectivity index (χ1n) is 8.67. The van der Waals surface area contributed by atoms with E-state index in [0.717, 1.165) is 0 Å². The standard InChI is InChI=1S/C22H16Br2O5S/c1-2-5-14-10-15(12-18(24)22(14)26)21(13-8-9-19(25)17(23)11-13)16-6-3-4-7-20(16)30(27,28)29/h2-4,6-12,26H,1,5H2,(H,27,28,29)/b21-13-. The number of hydrogen-bond acceptors (Lipinski definition) is 4. The van der Waals surface area contributed by atoms with Crippen LogP contribution < -0.4 is 0 Å². The van der Waals surface area contributed by atoms with Gasteiger partial charge in [0.2, 0.25) is 0 Å². The van der Waals surface area contributed by atoms with Gasteiger partial charge in [0.25, 0.3) is 10.1 Å². The average molecular weight is 552 g/mol. The fraction of sp³-hybridized carbons (Fsp3) is 0.0455. The van der Waals surface area contributed by atoms with E-state index < -0.39 is 10.1 Å². The van der Waals surface area contributed by atoms with Gasteiger partial charge in [-0.15, -0.1) is 6.58 Å². The molecule has 154 valence electrons. The lowest BCUT2D eigenvalue weighted by atomic mass is 9.89. The van der Waals surface area contributed by atoms with Gasteiger partial charge < -0.3 is 5.11 Å². The van der Waals surface area contributed by atoms with Crippen LogP contribution in [0.2, 0.25) is 0 Å². The van der Waals surface area contributed by atoms with Crippen molar-refractivity contribution in [3.8, 4) is 5.75 Å². The van der Waals surface area contributed by atoms with Crippen molar-refractivity contribution < 1.29 is 22.9 Å². The molecule has 1 aliphatic carbocycles. The van der Waals surface area contributed by atoms with Crippen molar-refractivity contribution in [1.82, 2.24) is 0 Å². The highest BCUT2D eigenvalue weighted by atomic mass is 79.9. The summed E-state index contributed by atoms with van der Waals surface area (Å²) in [6, 6.07) is 9.42. The van der Waals surface area contributed by atoms with Crippen molar-refractivity contribution in [1.29, 1.82) is 0 Å². The lowest BCUT2D eigenvalue weighted by molar-refractivity contribution is -0.110. The van der Waals surface area contributed by atoms with E-state index in [1.165, 1.54) is 18.2 Å². The summed E-state index contributed by atoms with van der Waals surface area (Å²) in [4.78, 5) is 11.6. The largest absolute Gasteiger partial charge is 0.506 e. The number of halogens is 2. The third-order valence-electron chi connectivity index (χ3n) is 4.45. The molecule has 0 unspecified atom stereocenters. The molecule has 0 amide bonds. The zero-order valence-electron chi connectivity index (χ0n) is 15.5. The number of allylic oxidation sites excluding steroid dienone is 6. The van der Waals surface area contributed by atoms with E-state index in [4.69, 9.17) is 0 Å². The molecule has 30 heavy (non-hydrogen) atoms. The minimum atomic E-state index is -4.52. The third-order valence-corrected chi connectivity index (χ3v) is 6.59. The number of aromatic hydroxyl groups is 1. The molecule has 2 aromatic rings. The Morgan fingerprint density at radius 3 is 2.47 bits per heavy atom. The van der Waals surface area contributed by atoms with Gasteiger partial charge in [-0.3, -0.25) is 9.35 Å². The van der Waals surface area contributed by atoms with Crippen LogP contribution in [-0.2, 0) is 21.3 Å². The molecule has 0 spiro atoms. The quantitative estimate of drug-likeness (QED) is 0.386. The van der Waals surface area contributed by atoms with Crippen LogP contribution in [0.3, 0.4) is 0 Å². The molecule has 0 fully saturated rings. The summed E-state index contributed by atoms with van der Waals surface area (Å²) in [5, 5.41) is 10.4. The van der Waals surface area contributed by atoms with Gasteiger partial charge in [0.1, 0.15) is 10.6 Å². The Morgan fingerprint density at radius 2 is 1.83 bits per heavy atom. The molecule has 0 aliphatic heterocycles. The van der Waals surface area contributed by atoms with Crippen molar-refractivity contribution in [2.45, 2.75) is 11.3 Å². The lowest BCUT2D eigenvalue weighted by Gasteiger charge is -2.18. The SMILES string of the molecule is C=CCc1cc(/C(=C2\C=CC(=O)C(Br)=C2)c2ccccc2S(=O)(=O)O)cc(Br)c1O. The third kappa shape index (κ3) is 4.57. The molecule has 0 radical (unpaired) electrons. The number of hydrogen-bond donors (Lipinski definition) is 2. The minimum Gasteiger partial charge on any atom is -0.506 e. The van der Waals surface area contributed by atoms with Crippen LogP contribution in [0.25, 0.3) is 5.57 Å². The van der Waals surface area contributed by atoms with Gasteiger partial charge in [-0.1, -0.05) is 30.4 Å². The summed E-state index contributed by atoms with van der Waals surface area (Å²) in [6.07, 6.45) is 6.56. The number of rotatable bonds is 5. The maximum atomic E-state index is 12.1. The zero-order chi connectivity index (χ0) is 22.1. The lowest BCUT2D eigenvalue weighted by Crippen LogP contribution is -2.06. The van der Waals surface area contributed by atoms with E-state index in [1.807, 2.05) is 0 Å². The van der Waals surface area contributed by atoms with Crippen LogP contribution in [0.4, 0.5) is 0 Å². The van der Waals surface area contributed by atoms with Gasteiger partial charge in [0.05, 0.1) is 8.96 Å². The Hall–Kier alpha value is -2.26. The molecule has 8 heteroatoms. The zero-order valence-corrected chi connectivity index (χ0v) is 19.5. The van der Waals surface area contributed by atoms with Gasteiger partial charge in [0, 0.05) is 5.56 Å². The Morgan fingerprint density at radius 1 is 1.13 bits per heavy atom. The van der Waals surface area contributed by atoms with E-state index in [2.05, 4.69) is 38.4 Å². The molecule has 3 rings (SSSR count). The number of carbonyl (C=O) groups is 1. The average Bonchev–Trinajstić information content (AvgIpc) is 2.68. The molecule has 0 aromatic heterocycles. The highest BCUT2D eigenvalue weighted by molar-refractivity contribution is 9.12. The van der Waals surface area contributed by atoms with E-state index >= 15 is 0 Å². The molecule has 0 heterocycles. The first-order chi connectivity index (χ1) is 14.1. The number of ketones is 1. The molecule has 0 saturated heterocycles. The Balaban J connectivity index is 2.43. The Bertz CT molecular complexity index is 1250.